The second kappa shape index (κ2) is 4.53. The maximum Gasteiger partial charge on any atom is 0.291 e. The van der Waals surface area contributed by atoms with E-state index in [1.54, 1.807) is 0 Å². The van der Waals surface area contributed by atoms with Crippen molar-refractivity contribution in [1.29, 1.82) is 0 Å². The minimum absolute atomic E-state index is 0.192. The van der Waals surface area contributed by atoms with Gasteiger partial charge in [-0.1, -0.05) is 0 Å². The van der Waals surface area contributed by atoms with Crippen molar-refractivity contribution >= 4 is 5.91 Å². The monoisotopic (exact) mass is 260 g/mol. The molecule has 6 heteroatoms. The number of hydrogen-bond donors (Lipinski definition) is 2. The van der Waals surface area contributed by atoms with Crippen molar-refractivity contribution in [1.82, 2.24) is 20.5 Å². The second-order valence-electron chi connectivity index (χ2n) is 4.96. The molecule has 0 aromatic carbocycles. The summed E-state index contributed by atoms with van der Waals surface area (Å²) in [6.45, 7) is 3.74. The van der Waals surface area contributed by atoms with Gasteiger partial charge in [0, 0.05) is 5.92 Å². The van der Waals surface area contributed by atoms with Gasteiger partial charge in [0.15, 0.2) is 0 Å². The molecule has 0 saturated heterocycles. The molecule has 1 fully saturated rings. The third kappa shape index (κ3) is 2.52. The molecule has 0 radical (unpaired) electrons. The molecule has 1 unspecified atom stereocenters. The van der Waals surface area contributed by atoms with E-state index >= 15 is 0 Å². The lowest BCUT2D eigenvalue weighted by molar-refractivity contribution is 0.0925. The molecule has 0 spiro atoms. The fourth-order valence-corrected chi connectivity index (χ4v) is 1.93. The number of aromatic nitrogens is 3. The molecule has 1 atom stereocenters. The number of hydrogen-bond acceptors (Lipinski definition) is 4. The number of carbonyl (C=O) groups is 1. The van der Waals surface area contributed by atoms with Gasteiger partial charge in [-0.15, -0.1) is 5.10 Å². The molecule has 100 valence electrons. The summed E-state index contributed by atoms with van der Waals surface area (Å²) >= 11 is 0. The number of amides is 1. The smallest absolute Gasteiger partial charge is 0.291 e. The highest BCUT2D eigenvalue weighted by Gasteiger charge is 2.28. The zero-order valence-corrected chi connectivity index (χ0v) is 10.9. The summed E-state index contributed by atoms with van der Waals surface area (Å²) in [5.74, 6) is 2.72. The Bertz CT molecular complexity index is 597. The third-order valence-electron chi connectivity index (χ3n) is 3.21. The summed E-state index contributed by atoms with van der Waals surface area (Å²) in [7, 11) is 0. The zero-order valence-electron chi connectivity index (χ0n) is 10.9. The summed E-state index contributed by atoms with van der Waals surface area (Å²) in [5, 5.41) is 9.59. The number of furan rings is 1. The molecule has 0 aliphatic heterocycles. The van der Waals surface area contributed by atoms with Crippen LogP contribution in [0.15, 0.2) is 16.5 Å². The quantitative estimate of drug-likeness (QED) is 0.881. The van der Waals surface area contributed by atoms with Gasteiger partial charge in [0.25, 0.3) is 5.91 Å². The fourth-order valence-electron chi connectivity index (χ4n) is 1.93. The highest BCUT2D eigenvalue weighted by Crippen LogP contribution is 2.37. The van der Waals surface area contributed by atoms with Crippen molar-refractivity contribution in [3.63, 3.8) is 0 Å². The average molecular weight is 260 g/mol. The second-order valence-corrected chi connectivity index (χ2v) is 4.96. The lowest BCUT2D eigenvalue weighted by Gasteiger charge is -2.09. The van der Waals surface area contributed by atoms with Gasteiger partial charge in [-0.2, -0.15) is 0 Å². The Morgan fingerprint density at radius 3 is 2.95 bits per heavy atom. The number of rotatable bonds is 4. The Labute approximate surface area is 110 Å². The van der Waals surface area contributed by atoms with Crippen molar-refractivity contribution in [2.24, 2.45) is 0 Å². The zero-order chi connectivity index (χ0) is 13.4. The topological polar surface area (TPSA) is 83.8 Å². The van der Waals surface area contributed by atoms with Crippen LogP contribution >= 0.6 is 0 Å². The first-order chi connectivity index (χ1) is 9.13. The van der Waals surface area contributed by atoms with E-state index in [4.69, 9.17) is 4.42 Å². The van der Waals surface area contributed by atoms with Crippen molar-refractivity contribution in [2.75, 3.05) is 0 Å². The molecule has 19 heavy (non-hydrogen) atoms. The van der Waals surface area contributed by atoms with Crippen LogP contribution in [0.4, 0.5) is 0 Å². The standard InChI is InChI=1S/C13H16N4O2/c1-7-3-6-10(19-7)8(2)14-13(18)12-15-11(16-17-12)9-4-5-9/h3,6,8-9H,4-5H2,1-2H3,(H,14,18)(H,15,16,17). The molecule has 1 aliphatic rings. The normalized spacial score (nSPS) is 16.3. The van der Waals surface area contributed by atoms with Crippen LogP contribution in [0.1, 0.15) is 59.7 Å². The first kappa shape index (κ1) is 12.0. The van der Waals surface area contributed by atoms with Crippen LogP contribution in [0.5, 0.6) is 0 Å². The summed E-state index contributed by atoms with van der Waals surface area (Å²) in [6, 6.07) is 3.52. The molecular weight excluding hydrogens is 244 g/mol. The molecule has 1 saturated carbocycles. The Morgan fingerprint density at radius 2 is 2.32 bits per heavy atom. The number of aryl methyl sites for hydroxylation is 1. The molecule has 3 rings (SSSR count). The molecule has 6 nitrogen and oxygen atoms in total. The number of H-pyrrole nitrogens is 1. The summed E-state index contributed by atoms with van der Waals surface area (Å²) < 4.78 is 5.47. The van der Waals surface area contributed by atoms with E-state index in [0.717, 1.165) is 30.2 Å². The lowest BCUT2D eigenvalue weighted by Crippen LogP contribution is -2.27. The van der Waals surface area contributed by atoms with Crippen LogP contribution in [-0.4, -0.2) is 21.1 Å². The van der Waals surface area contributed by atoms with E-state index in [2.05, 4.69) is 20.5 Å². The Hall–Kier alpha value is -2.11. The van der Waals surface area contributed by atoms with E-state index < -0.39 is 0 Å². The Kier molecular flexibility index (Phi) is 2.85. The van der Waals surface area contributed by atoms with Crippen LogP contribution in [0.3, 0.4) is 0 Å². The molecule has 1 amide bonds. The van der Waals surface area contributed by atoms with Crippen molar-refractivity contribution in [3.05, 3.63) is 35.3 Å². The minimum atomic E-state index is -0.287. The first-order valence-electron chi connectivity index (χ1n) is 6.43. The highest BCUT2D eigenvalue weighted by molar-refractivity contribution is 5.90. The van der Waals surface area contributed by atoms with Gasteiger partial charge in [0.05, 0.1) is 6.04 Å². The van der Waals surface area contributed by atoms with Gasteiger partial charge < -0.3 is 9.73 Å². The molecule has 0 bridgehead atoms. The largest absolute Gasteiger partial charge is 0.464 e. The maximum absolute atomic E-state index is 12.0. The van der Waals surface area contributed by atoms with E-state index in [9.17, 15) is 4.79 Å². The Morgan fingerprint density at radius 1 is 1.53 bits per heavy atom. The lowest BCUT2D eigenvalue weighted by atomic mass is 10.2. The van der Waals surface area contributed by atoms with E-state index in [-0.39, 0.29) is 17.8 Å². The van der Waals surface area contributed by atoms with Crippen LogP contribution in [0.2, 0.25) is 0 Å². The van der Waals surface area contributed by atoms with E-state index in [1.165, 1.54) is 0 Å². The molecular formula is C13H16N4O2. The van der Waals surface area contributed by atoms with Crippen molar-refractivity contribution in [2.45, 2.75) is 38.6 Å². The summed E-state index contributed by atoms with van der Waals surface area (Å²) in [5.41, 5.74) is 0. The minimum Gasteiger partial charge on any atom is -0.464 e. The number of nitrogens with zero attached hydrogens (tertiary/aromatic N) is 2. The number of carbonyl (C=O) groups excluding carboxylic acids is 1. The summed E-state index contributed by atoms with van der Waals surface area (Å²) in [6.07, 6.45) is 2.25. The molecule has 2 N–H and O–H groups in total. The molecule has 2 heterocycles. The molecule has 2 aromatic rings. The van der Waals surface area contributed by atoms with Gasteiger partial charge in [-0.25, -0.2) is 4.98 Å². The number of nitrogens with one attached hydrogen (secondary N) is 2. The first-order valence-corrected chi connectivity index (χ1v) is 6.43. The maximum atomic E-state index is 12.0. The Balaban J connectivity index is 1.66. The van der Waals surface area contributed by atoms with Crippen LogP contribution < -0.4 is 5.32 Å². The number of aromatic amines is 1. The van der Waals surface area contributed by atoms with Crippen LogP contribution in [-0.2, 0) is 0 Å². The van der Waals surface area contributed by atoms with Crippen LogP contribution in [0.25, 0.3) is 0 Å². The van der Waals surface area contributed by atoms with Gasteiger partial charge in [-0.05, 0) is 38.8 Å². The SMILES string of the molecule is Cc1ccc(C(C)NC(=O)c2n[nH]c(C3CC3)n2)o1. The fraction of sp³-hybridized carbons (Fsp3) is 0.462. The summed E-state index contributed by atoms with van der Waals surface area (Å²) in [4.78, 5) is 16.2. The van der Waals surface area contributed by atoms with Crippen molar-refractivity contribution in [3.8, 4) is 0 Å². The van der Waals surface area contributed by atoms with Gasteiger partial charge >= 0.3 is 0 Å². The predicted octanol–water partition coefficient (Wildman–Crippen LogP) is 2.07. The highest BCUT2D eigenvalue weighted by atomic mass is 16.3. The van der Waals surface area contributed by atoms with Gasteiger partial charge in [0.2, 0.25) is 5.82 Å². The van der Waals surface area contributed by atoms with Crippen LogP contribution in [0, 0.1) is 6.92 Å². The third-order valence-corrected chi connectivity index (χ3v) is 3.21. The van der Waals surface area contributed by atoms with E-state index in [1.807, 2.05) is 26.0 Å². The van der Waals surface area contributed by atoms with E-state index in [0.29, 0.717) is 5.92 Å². The molecule has 1 aliphatic carbocycles. The van der Waals surface area contributed by atoms with Gasteiger partial charge in [-0.3, -0.25) is 9.89 Å². The van der Waals surface area contributed by atoms with Crippen molar-refractivity contribution < 1.29 is 9.21 Å². The average Bonchev–Trinajstić information content (AvgIpc) is 2.94. The molecule has 2 aromatic heterocycles. The van der Waals surface area contributed by atoms with Gasteiger partial charge in [0.1, 0.15) is 17.3 Å². The predicted molar refractivity (Wildman–Crippen MR) is 67.7 cm³/mol.